The molecule has 2 rings (SSSR count). The minimum Gasteiger partial charge on any atom is -0.355 e. The maximum atomic E-state index is 13.6. The summed E-state index contributed by atoms with van der Waals surface area (Å²) < 4.78 is 23.9. The molecule has 0 saturated carbocycles. The summed E-state index contributed by atoms with van der Waals surface area (Å²) in [6.07, 6.45) is 0.0181. The largest absolute Gasteiger partial charge is 0.355 e. The zero-order chi connectivity index (χ0) is 15.8. The van der Waals surface area contributed by atoms with Crippen molar-refractivity contribution in [3.63, 3.8) is 0 Å². The monoisotopic (exact) mass is 319 g/mol. The molecular formula is C17H22NO3P. The number of ether oxygens (including phenoxy) is 2. The molecule has 2 aromatic rings. The maximum absolute atomic E-state index is 13.6. The average Bonchev–Trinajstić information content (AvgIpc) is 2.60. The lowest BCUT2D eigenvalue weighted by atomic mass is 10.4. The minimum absolute atomic E-state index is 0.347. The number of rotatable bonds is 8. The average molecular weight is 319 g/mol. The minimum atomic E-state index is -2.72. The lowest BCUT2D eigenvalue weighted by molar-refractivity contribution is -0.0981. The van der Waals surface area contributed by atoms with Crippen LogP contribution in [0.4, 0.5) is 0 Å². The fourth-order valence-electron chi connectivity index (χ4n) is 2.27. The van der Waals surface area contributed by atoms with Crippen LogP contribution in [0.1, 0.15) is 0 Å². The fourth-order valence-corrected chi connectivity index (χ4v) is 4.69. The summed E-state index contributed by atoms with van der Waals surface area (Å²) in [5, 5.41) is 4.91. The van der Waals surface area contributed by atoms with Crippen LogP contribution in [0.25, 0.3) is 0 Å². The second-order valence-corrected chi connectivity index (χ2v) is 7.75. The molecule has 5 heteroatoms. The van der Waals surface area contributed by atoms with E-state index in [-0.39, 0.29) is 6.29 Å². The normalized spacial score (nSPS) is 11.8. The third-order valence-corrected chi connectivity index (χ3v) is 6.45. The third-order valence-electron chi connectivity index (χ3n) is 3.52. The van der Waals surface area contributed by atoms with Gasteiger partial charge in [0.05, 0.1) is 6.29 Å². The van der Waals surface area contributed by atoms with E-state index in [9.17, 15) is 4.57 Å². The second kappa shape index (κ2) is 8.25. The van der Waals surface area contributed by atoms with Gasteiger partial charge in [-0.15, -0.1) is 0 Å². The maximum Gasteiger partial charge on any atom is 0.169 e. The SMILES string of the molecule is COC(CNCP(=O)(c1ccccc1)c1ccccc1)OC. The molecular weight excluding hydrogens is 297 g/mol. The van der Waals surface area contributed by atoms with Crippen LogP contribution in [-0.2, 0) is 14.0 Å². The van der Waals surface area contributed by atoms with Gasteiger partial charge in [0.15, 0.2) is 13.4 Å². The van der Waals surface area contributed by atoms with Crippen LogP contribution >= 0.6 is 7.14 Å². The first-order chi connectivity index (χ1) is 10.7. The van der Waals surface area contributed by atoms with E-state index >= 15 is 0 Å². The van der Waals surface area contributed by atoms with Crippen molar-refractivity contribution in [2.24, 2.45) is 0 Å². The highest BCUT2D eigenvalue weighted by Crippen LogP contribution is 2.41. The predicted octanol–water partition coefficient (Wildman–Crippen LogP) is 2.17. The van der Waals surface area contributed by atoms with Crippen molar-refractivity contribution in [3.8, 4) is 0 Å². The van der Waals surface area contributed by atoms with Crippen LogP contribution in [0.15, 0.2) is 60.7 Å². The van der Waals surface area contributed by atoms with Crippen molar-refractivity contribution in [1.82, 2.24) is 5.32 Å². The Bertz CT molecular complexity index is 556. The van der Waals surface area contributed by atoms with Crippen molar-refractivity contribution in [1.29, 1.82) is 0 Å². The summed E-state index contributed by atoms with van der Waals surface area (Å²) in [5.74, 6) is 0. The van der Waals surface area contributed by atoms with Gasteiger partial charge in [0.1, 0.15) is 0 Å². The zero-order valence-corrected chi connectivity index (χ0v) is 13.8. The van der Waals surface area contributed by atoms with Gasteiger partial charge in [0.25, 0.3) is 0 Å². The van der Waals surface area contributed by atoms with Gasteiger partial charge >= 0.3 is 0 Å². The van der Waals surface area contributed by atoms with Crippen LogP contribution in [0.5, 0.6) is 0 Å². The highest BCUT2D eigenvalue weighted by molar-refractivity contribution is 7.78. The Morgan fingerprint density at radius 2 is 1.36 bits per heavy atom. The molecule has 0 atom stereocenters. The first kappa shape index (κ1) is 16.9. The molecule has 0 aliphatic heterocycles. The molecule has 1 N–H and O–H groups in total. The first-order valence-electron chi connectivity index (χ1n) is 7.17. The molecule has 0 aliphatic carbocycles. The van der Waals surface area contributed by atoms with E-state index in [2.05, 4.69) is 5.32 Å². The summed E-state index contributed by atoms with van der Waals surface area (Å²) in [6.45, 7) is 0.483. The van der Waals surface area contributed by atoms with Crippen LogP contribution in [0.2, 0.25) is 0 Å². The predicted molar refractivity (Wildman–Crippen MR) is 90.4 cm³/mol. The van der Waals surface area contributed by atoms with Crippen LogP contribution in [0, 0.1) is 0 Å². The van der Waals surface area contributed by atoms with Gasteiger partial charge < -0.3 is 19.4 Å². The molecule has 0 amide bonds. The highest BCUT2D eigenvalue weighted by Gasteiger charge is 2.26. The van der Waals surface area contributed by atoms with Gasteiger partial charge in [-0.3, -0.25) is 0 Å². The molecule has 0 radical (unpaired) electrons. The first-order valence-corrected chi connectivity index (χ1v) is 9.06. The topological polar surface area (TPSA) is 47.6 Å². The van der Waals surface area contributed by atoms with Gasteiger partial charge in [0.2, 0.25) is 0 Å². The Balaban J connectivity index is 2.22. The fraction of sp³-hybridized carbons (Fsp3) is 0.294. The number of hydrogen-bond donors (Lipinski definition) is 1. The summed E-state index contributed by atoms with van der Waals surface area (Å²) in [4.78, 5) is 0. The summed E-state index contributed by atoms with van der Waals surface area (Å²) >= 11 is 0. The van der Waals surface area contributed by atoms with Gasteiger partial charge in [-0.05, 0) is 0 Å². The molecule has 0 saturated heterocycles. The van der Waals surface area contributed by atoms with Crippen LogP contribution in [0.3, 0.4) is 0 Å². The Kier molecular flexibility index (Phi) is 6.34. The lowest BCUT2D eigenvalue weighted by Gasteiger charge is -2.21. The molecule has 118 valence electrons. The number of hydrogen-bond acceptors (Lipinski definition) is 4. The quantitative estimate of drug-likeness (QED) is 0.598. The van der Waals surface area contributed by atoms with Crippen molar-refractivity contribution in [2.45, 2.75) is 6.29 Å². The second-order valence-electron chi connectivity index (χ2n) is 4.92. The van der Waals surface area contributed by atoms with E-state index in [0.29, 0.717) is 12.8 Å². The third kappa shape index (κ3) is 4.05. The van der Waals surface area contributed by atoms with E-state index in [4.69, 9.17) is 9.47 Å². The van der Waals surface area contributed by atoms with E-state index < -0.39 is 7.14 Å². The lowest BCUT2D eigenvalue weighted by Crippen LogP contribution is -2.33. The van der Waals surface area contributed by atoms with Crippen molar-refractivity contribution in [3.05, 3.63) is 60.7 Å². The van der Waals surface area contributed by atoms with Crippen LogP contribution < -0.4 is 15.9 Å². The van der Waals surface area contributed by atoms with E-state index in [1.807, 2.05) is 60.7 Å². The van der Waals surface area contributed by atoms with Crippen LogP contribution in [-0.4, -0.2) is 33.3 Å². The summed E-state index contributed by atoms with van der Waals surface area (Å²) in [6, 6.07) is 19.2. The standard InChI is InChI=1S/C17H22NO3P/c1-20-17(21-2)13-18-14-22(19,15-9-5-3-6-10-15)16-11-7-4-8-12-16/h3-12,17-18H,13-14H2,1-2H3. The Morgan fingerprint density at radius 1 is 0.909 bits per heavy atom. The molecule has 0 aliphatic rings. The number of benzene rings is 2. The Hall–Kier alpha value is -1.45. The number of methoxy groups -OCH3 is 2. The molecule has 0 unspecified atom stereocenters. The van der Waals surface area contributed by atoms with E-state index in [1.165, 1.54) is 0 Å². The summed E-state index contributed by atoms with van der Waals surface area (Å²) in [7, 11) is 0.451. The summed E-state index contributed by atoms with van der Waals surface area (Å²) in [5.41, 5.74) is 0. The molecule has 0 bridgehead atoms. The van der Waals surface area contributed by atoms with Crippen molar-refractivity contribution < 1.29 is 14.0 Å². The van der Waals surface area contributed by atoms with Crippen molar-refractivity contribution >= 4 is 17.8 Å². The van der Waals surface area contributed by atoms with E-state index in [0.717, 1.165) is 10.6 Å². The van der Waals surface area contributed by atoms with Gasteiger partial charge in [-0.25, -0.2) is 0 Å². The molecule has 4 nitrogen and oxygen atoms in total. The molecule has 0 aromatic heterocycles. The van der Waals surface area contributed by atoms with Gasteiger partial charge in [-0.2, -0.15) is 0 Å². The molecule has 0 spiro atoms. The molecule has 22 heavy (non-hydrogen) atoms. The molecule has 0 heterocycles. The van der Waals surface area contributed by atoms with Gasteiger partial charge in [-0.1, -0.05) is 60.7 Å². The zero-order valence-electron chi connectivity index (χ0n) is 12.9. The highest BCUT2D eigenvalue weighted by atomic mass is 31.2. The van der Waals surface area contributed by atoms with Gasteiger partial charge in [0, 0.05) is 31.4 Å². The Morgan fingerprint density at radius 3 is 1.77 bits per heavy atom. The smallest absolute Gasteiger partial charge is 0.169 e. The van der Waals surface area contributed by atoms with E-state index in [1.54, 1.807) is 14.2 Å². The Labute approximate surface area is 131 Å². The number of nitrogens with one attached hydrogen (secondary N) is 1. The molecule has 2 aromatic carbocycles. The molecule has 0 fully saturated rings. The van der Waals surface area contributed by atoms with Crippen molar-refractivity contribution in [2.75, 3.05) is 27.1 Å².